The average molecular weight is 342 g/mol. The number of fused-ring (bicyclic) bond motifs is 5. The zero-order valence-corrected chi connectivity index (χ0v) is 14.7. The Morgan fingerprint density at radius 3 is 2.80 bits per heavy atom. The first kappa shape index (κ1) is 16.9. The highest BCUT2D eigenvalue weighted by Gasteiger charge is 2.61. The minimum absolute atomic E-state index is 0.0819. The Labute approximate surface area is 148 Å². The van der Waals surface area contributed by atoms with Gasteiger partial charge in [-0.05, 0) is 68.4 Å². The summed E-state index contributed by atoms with van der Waals surface area (Å²) in [6.07, 6.45) is 11.8. The molecule has 4 aliphatic carbocycles. The number of aldehydes is 1. The van der Waals surface area contributed by atoms with E-state index in [1.54, 1.807) is 6.08 Å². The van der Waals surface area contributed by atoms with Crippen molar-refractivity contribution in [3.05, 3.63) is 23.8 Å². The van der Waals surface area contributed by atoms with Crippen LogP contribution >= 0.6 is 0 Å². The van der Waals surface area contributed by atoms with Gasteiger partial charge in [-0.1, -0.05) is 18.6 Å². The largest absolute Gasteiger partial charge is 0.389 e. The van der Waals surface area contributed by atoms with Crippen molar-refractivity contribution in [1.29, 1.82) is 0 Å². The van der Waals surface area contributed by atoms with Crippen LogP contribution in [-0.4, -0.2) is 29.6 Å². The monoisotopic (exact) mass is 342 g/mol. The first-order valence-corrected chi connectivity index (χ1v) is 9.50. The predicted octanol–water partition coefficient (Wildman–Crippen LogP) is 2.65. The van der Waals surface area contributed by atoms with Crippen molar-refractivity contribution < 1.29 is 19.5 Å². The molecule has 1 N–H and O–H groups in total. The van der Waals surface area contributed by atoms with Gasteiger partial charge in [0, 0.05) is 16.7 Å². The van der Waals surface area contributed by atoms with Gasteiger partial charge in [-0.2, -0.15) is 0 Å². The summed E-state index contributed by atoms with van der Waals surface area (Å²) in [6, 6.07) is 0. The SMILES string of the molecule is C[C@]12C=CC(=O)C=C1CC[C@H]1[C@@H]3CC[C@H](C(=O)CO)[C@@]3(C=O)CC[C@@H]12. The molecule has 134 valence electrons. The third-order valence-electron chi connectivity index (χ3n) is 7.91. The molecule has 3 fully saturated rings. The van der Waals surface area contributed by atoms with Crippen LogP contribution in [0.3, 0.4) is 0 Å². The second-order valence-corrected chi connectivity index (χ2v) is 8.63. The number of hydrogen-bond acceptors (Lipinski definition) is 4. The number of carbonyl (C=O) groups is 3. The highest BCUT2D eigenvalue weighted by atomic mass is 16.3. The molecule has 0 aromatic carbocycles. The highest BCUT2D eigenvalue weighted by molar-refractivity contribution is 6.01. The number of aliphatic hydroxyl groups is 1. The Hall–Kier alpha value is -1.55. The van der Waals surface area contributed by atoms with E-state index in [1.165, 1.54) is 5.57 Å². The topological polar surface area (TPSA) is 71.4 Å². The maximum atomic E-state index is 12.3. The normalized spacial score (nSPS) is 45.2. The van der Waals surface area contributed by atoms with Crippen molar-refractivity contribution in [1.82, 2.24) is 0 Å². The van der Waals surface area contributed by atoms with Gasteiger partial charge in [0.25, 0.3) is 0 Å². The minimum atomic E-state index is -0.577. The van der Waals surface area contributed by atoms with Crippen molar-refractivity contribution in [2.75, 3.05) is 6.61 Å². The van der Waals surface area contributed by atoms with Gasteiger partial charge in [-0.25, -0.2) is 0 Å². The first-order valence-electron chi connectivity index (χ1n) is 9.50. The summed E-state index contributed by atoms with van der Waals surface area (Å²) in [7, 11) is 0. The van der Waals surface area contributed by atoms with Gasteiger partial charge in [-0.3, -0.25) is 9.59 Å². The van der Waals surface area contributed by atoms with Crippen molar-refractivity contribution in [3.8, 4) is 0 Å². The fraction of sp³-hybridized carbons (Fsp3) is 0.667. The molecule has 4 aliphatic rings. The maximum absolute atomic E-state index is 12.3. The zero-order valence-electron chi connectivity index (χ0n) is 14.7. The van der Waals surface area contributed by atoms with E-state index in [-0.39, 0.29) is 28.8 Å². The van der Waals surface area contributed by atoms with Gasteiger partial charge in [0.15, 0.2) is 11.6 Å². The van der Waals surface area contributed by atoms with Gasteiger partial charge in [0.05, 0.1) is 0 Å². The summed E-state index contributed by atoms with van der Waals surface area (Å²) in [5.74, 6) is 0.674. The van der Waals surface area contributed by atoms with E-state index >= 15 is 0 Å². The Kier molecular flexibility index (Phi) is 3.87. The molecule has 0 aromatic heterocycles. The number of rotatable bonds is 3. The molecule has 25 heavy (non-hydrogen) atoms. The van der Waals surface area contributed by atoms with Gasteiger partial charge >= 0.3 is 0 Å². The standard InChI is InChI=1S/C21H26O4/c1-20-8-6-14(24)10-13(20)2-3-15-16(20)7-9-21(12-23)17(15)4-5-18(21)19(25)11-22/h6,8,10,12,15-18,22H,2-5,7,9,11H2,1H3/t15-,16+,17+,18-,20+,21-/m1/s1. The Bertz CT molecular complexity index is 690. The minimum Gasteiger partial charge on any atom is -0.389 e. The van der Waals surface area contributed by atoms with Crippen LogP contribution in [0.2, 0.25) is 0 Å². The van der Waals surface area contributed by atoms with Crippen LogP contribution < -0.4 is 0 Å². The molecule has 0 bridgehead atoms. The van der Waals surface area contributed by atoms with Crippen molar-refractivity contribution >= 4 is 17.9 Å². The Morgan fingerprint density at radius 2 is 2.08 bits per heavy atom. The van der Waals surface area contributed by atoms with Crippen LogP contribution in [-0.2, 0) is 14.4 Å². The second kappa shape index (κ2) is 5.73. The number of ketones is 2. The van der Waals surface area contributed by atoms with Crippen LogP contribution in [0.5, 0.6) is 0 Å². The molecule has 4 heteroatoms. The quantitative estimate of drug-likeness (QED) is 0.801. The van der Waals surface area contributed by atoms with Crippen LogP contribution in [0, 0.1) is 34.5 Å². The van der Waals surface area contributed by atoms with Crippen LogP contribution in [0.25, 0.3) is 0 Å². The third kappa shape index (κ3) is 2.19. The highest BCUT2D eigenvalue weighted by Crippen LogP contribution is 2.65. The first-order chi connectivity index (χ1) is 12.0. The molecule has 0 unspecified atom stereocenters. The zero-order chi connectivity index (χ0) is 17.8. The van der Waals surface area contributed by atoms with E-state index in [0.29, 0.717) is 11.8 Å². The Morgan fingerprint density at radius 1 is 1.28 bits per heavy atom. The predicted molar refractivity (Wildman–Crippen MR) is 92.6 cm³/mol. The summed E-state index contributed by atoms with van der Waals surface area (Å²) in [5.41, 5.74) is 0.568. The lowest BCUT2D eigenvalue weighted by Crippen LogP contribution is -2.52. The number of carbonyl (C=O) groups excluding carboxylic acids is 3. The molecular formula is C21H26O4. The lowest BCUT2D eigenvalue weighted by Gasteiger charge is -2.56. The van der Waals surface area contributed by atoms with E-state index in [9.17, 15) is 19.5 Å². The molecular weight excluding hydrogens is 316 g/mol. The smallest absolute Gasteiger partial charge is 0.178 e. The molecule has 0 aromatic rings. The summed E-state index contributed by atoms with van der Waals surface area (Å²) in [5, 5.41) is 9.33. The second-order valence-electron chi connectivity index (χ2n) is 8.63. The number of Topliss-reactive ketones (excluding diaryl/α,β-unsaturated/α-hetero) is 1. The van der Waals surface area contributed by atoms with E-state index < -0.39 is 12.0 Å². The van der Waals surface area contributed by atoms with Gasteiger partial charge in [0.1, 0.15) is 12.9 Å². The van der Waals surface area contributed by atoms with Crippen LogP contribution in [0.4, 0.5) is 0 Å². The lowest BCUT2D eigenvalue weighted by molar-refractivity contribution is -0.141. The molecule has 0 heterocycles. The Balaban J connectivity index is 1.69. The van der Waals surface area contributed by atoms with Crippen molar-refractivity contribution in [3.63, 3.8) is 0 Å². The van der Waals surface area contributed by atoms with Gasteiger partial charge < -0.3 is 9.90 Å². The van der Waals surface area contributed by atoms with Crippen molar-refractivity contribution in [2.45, 2.75) is 45.4 Å². The van der Waals surface area contributed by atoms with E-state index in [2.05, 4.69) is 13.0 Å². The van der Waals surface area contributed by atoms with E-state index in [4.69, 9.17) is 0 Å². The summed E-state index contributed by atoms with van der Waals surface area (Å²) in [6.45, 7) is 1.77. The summed E-state index contributed by atoms with van der Waals surface area (Å²) in [4.78, 5) is 36.2. The molecule has 6 atom stereocenters. The van der Waals surface area contributed by atoms with Gasteiger partial charge in [-0.15, -0.1) is 0 Å². The molecule has 0 amide bonds. The van der Waals surface area contributed by atoms with Gasteiger partial charge in [0.2, 0.25) is 0 Å². The number of hydrogen-bond donors (Lipinski definition) is 1. The van der Waals surface area contributed by atoms with Crippen LogP contribution in [0.15, 0.2) is 23.8 Å². The molecule has 0 aliphatic heterocycles. The number of aliphatic hydroxyl groups excluding tert-OH is 1. The van der Waals surface area contributed by atoms with Crippen LogP contribution in [0.1, 0.15) is 45.4 Å². The molecule has 3 saturated carbocycles. The molecule has 0 saturated heterocycles. The summed E-state index contributed by atoms with van der Waals surface area (Å²) >= 11 is 0. The summed E-state index contributed by atoms with van der Waals surface area (Å²) < 4.78 is 0. The third-order valence-corrected chi connectivity index (χ3v) is 7.91. The molecule has 4 nitrogen and oxygen atoms in total. The average Bonchev–Trinajstić information content (AvgIpc) is 3.01. The van der Waals surface area contributed by atoms with Crippen molar-refractivity contribution in [2.24, 2.45) is 34.5 Å². The fourth-order valence-corrected chi connectivity index (χ4v) is 6.72. The maximum Gasteiger partial charge on any atom is 0.178 e. The fourth-order valence-electron chi connectivity index (χ4n) is 6.72. The van der Waals surface area contributed by atoms with E-state index in [0.717, 1.165) is 44.8 Å². The molecule has 0 radical (unpaired) electrons. The lowest BCUT2D eigenvalue weighted by atomic mass is 9.47. The molecule has 4 rings (SSSR count). The molecule has 0 spiro atoms. The van der Waals surface area contributed by atoms with E-state index in [1.807, 2.05) is 6.08 Å². The number of allylic oxidation sites excluding steroid dienone is 4.